The van der Waals surface area contributed by atoms with Crippen molar-refractivity contribution in [3.8, 4) is 5.75 Å². The maximum absolute atomic E-state index is 13.0. The van der Waals surface area contributed by atoms with E-state index >= 15 is 0 Å². The minimum absolute atomic E-state index is 0.168. The summed E-state index contributed by atoms with van der Waals surface area (Å²) >= 11 is 0. The molecule has 2 atom stereocenters. The van der Waals surface area contributed by atoms with Gasteiger partial charge in [-0.15, -0.1) is 0 Å². The van der Waals surface area contributed by atoms with E-state index in [-0.39, 0.29) is 5.92 Å². The van der Waals surface area contributed by atoms with Gasteiger partial charge in [0.05, 0.1) is 12.8 Å². The normalized spacial score (nSPS) is 15.3. The molecule has 1 unspecified atom stereocenters. The largest absolute Gasteiger partial charge is 0.465 e. The standard InChI is InChI=1S/C15H24NO4P/c1-5-19-15(17)13(4)16-21(18,11-12(2)3)20-14-9-7-6-8-10-14/h6-10,12-13H,5,11H2,1-4H3,(H,16,18)/t13-,21?/m0/s1. The second-order valence-electron chi connectivity index (χ2n) is 5.26. The Kier molecular flexibility index (Phi) is 6.93. The number of para-hydroxylation sites is 1. The number of ether oxygens (including phenoxy) is 1. The van der Waals surface area contributed by atoms with Crippen LogP contribution in [-0.4, -0.2) is 24.8 Å². The van der Waals surface area contributed by atoms with Gasteiger partial charge in [-0.3, -0.25) is 9.36 Å². The van der Waals surface area contributed by atoms with Gasteiger partial charge in [-0.25, -0.2) is 5.09 Å². The van der Waals surface area contributed by atoms with E-state index in [4.69, 9.17) is 9.26 Å². The van der Waals surface area contributed by atoms with Gasteiger partial charge in [-0.05, 0) is 31.9 Å². The summed E-state index contributed by atoms with van der Waals surface area (Å²) in [5.41, 5.74) is 0. The third kappa shape index (κ3) is 6.32. The lowest BCUT2D eigenvalue weighted by atomic mass is 10.3. The molecule has 0 fully saturated rings. The van der Waals surface area contributed by atoms with Crippen molar-refractivity contribution in [1.29, 1.82) is 0 Å². The molecule has 0 heterocycles. The molecule has 6 heteroatoms. The smallest absolute Gasteiger partial charge is 0.323 e. The van der Waals surface area contributed by atoms with Crippen LogP contribution in [0.1, 0.15) is 27.7 Å². The lowest BCUT2D eigenvalue weighted by Crippen LogP contribution is -2.35. The zero-order chi connectivity index (χ0) is 15.9. The predicted molar refractivity (Wildman–Crippen MR) is 83.6 cm³/mol. The van der Waals surface area contributed by atoms with E-state index < -0.39 is 19.5 Å². The second-order valence-corrected chi connectivity index (χ2v) is 7.41. The topological polar surface area (TPSA) is 64.6 Å². The number of carbonyl (C=O) groups excluding carboxylic acids is 1. The molecular formula is C15H24NO4P. The van der Waals surface area contributed by atoms with Gasteiger partial charge in [0.1, 0.15) is 11.8 Å². The molecule has 0 aliphatic rings. The summed E-state index contributed by atoms with van der Waals surface area (Å²) in [7, 11) is -3.18. The number of benzene rings is 1. The molecule has 0 spiro atoms. The van der Waals surface area contributed by atoms with Crippen LogP contribution >= 0.6 is 7.52 Å². The summed E-state index contributed by atoms with van der Waals surface area (Å²) in [6, 6.07) is 8.27. The zero-order valence-corrected chi connectivity index (χ0v) is 13.9. The van der Waals surface area contributed by atoms with Crippen molar-refractivity contribution in [1.82, 2.24) is 5.09 Å². The second kappa shape index (κ2) is 8.20. The highest BCUT2D eigenvalue weighted by Crippen LogP contribution is 2.45. The molecule has 118 valence electrons. The number of hydrogen-bond acceptors (Lipinski definition) is 4. The van der Waals surface area contributed by atoms with Crippen LogP contribution < -0.4 is 9.61 Å². The van der Waals surface area contributed by atoms with E-state index in [1.54, 1.807) is 26.0 Å². The van der Waals surface area contributed by atoms with Crippen molar-refractivity contribution >= 4 is 13.5 Å². The van der Waals surface area contributed by atoms with Crippen molar-refractivity contribution in [2.45, 2.75) is 33.7 Å². The van der Waals surface area contributed by atoms with Gasteiger partial charge in [-0.1, -0.05) is 32.0 Å². The van der Waals surface area contributed by atoms with Gasteiger partial charge in [0.25, 0.3) is 0 Å². The molecule has 5 nitrogen and oxygen atoms in total. The lowest BCUT2D eigenvalue weighted by molar-refractivity contribution is -0.144. The van der Waals surface area contributed by atoms with E-state index in [0.29, 0.717) is 18.5 Å². The van der Waals surface area contributed by atoms with Crippen LogP contribution in [-0.2, 0) is 14.1 Å². The van der Waals surface area contributed by atoms with Crippen molar-refractivity contribution < 1.29 is 18.6 Å². The maximum atomic E-state index is 13.0. The molecule has 0 bridgehead atoms. The molecule has 0 saturated heterocycles. The Morgan fingerprint density at radius 2 is 1.86 bits per heavy atom. The number of rotatable bonds is 8. The van der Waals surface area contributed by atoms with E-state index in [2.05, 4.69) is 5.09 Å². The maximum Gasteiger partial charge on any atom is 0.323 e. The van der Waals surface area contributed by atoms with Crippen molar-refractivity contribution in [3.63, 3.8) is 0 Å². The van der Waals surface area contributed by atoms with E-state index in [0.717, 1.165) is 0 Å². The van der Waals surface area contributed by atoms with Crippen LogP contribution in [0.4, 0.5) is 0 Å². The van der Waals surface area contributed by atoms with Gasteiger partial charge >= 0.3 is 13.5 Å². The molecule has 0 amide bonds. The Labute approximate surface area is 126 Å². The molecule has 0 aliphatic carbocycles. The van der Waals surface area contributed by atoms with E-state index in [1.165, 1.54) is 0 Å². The van der Waals surface area contributed by atoms with Gasteiger partial charge in [0, 0.05) is 0 Å². The summed E-state index contributed by atoms with van der Waals surface area (Å²) in [5, 5.41) is 2.82. The first-order valence-corrected chi connectivity index (χ1v) is 8.95. The fraction of sp³-hybridized carbons (Fsp3) is 0.533. The van der Waals surface area contributed by atoms with Crippen LogP contribution in [0.15, 0.2) is 30.3 Å². The molecule has 0 aromatic heterocycles. The third-order valence-corrected chi connectivity index (χ3v) is 5.13. The molecule has 1 aromatic carbocycles. The highest BCUT2D eigenvalue weighted by molar-refractivity contribution is 7.57. The predicted octanol–water partition coefficient (Wildman–Crippen LogP) is 3.46. The van der Waals surface area contributed by atoms with Crippen LogP contribution in [0.3, 0.4) is 0 Å². The van der Waals surface area contributed by atoms with Crippen LogP contribution in [0, 0.1) is 5.92 Å². The van der Waals surface area contributed by atoms with Gasteiger partial charge < -0.3 is 9.26 Å². The molecule has 0 aliphatic heterocycles. The highest BCUT2D eigenvalue weighted by atomic mass is 31.2. The van der Waals surface area contributed by atoms with Gasteiger partial charge in [0.2, 0.25) is 0 Å². The van der Waals surface area contributed by atoms with Crippen LogP contribution in [0.25, 0.3) is 0 Å². The van der Waals surface area contributed by atoms with Gasteiger partial charge in [0.15, 0.2) is 0 Å². The fourth-order valence-corrected chi connectivity index (χ4v) is 4.22. The van der Waals surface area contributed by atoms with E-state index in [1.807, 2.05) is 32.0 Å². The monoisotopic (exact) mass is 313 g/mol. The first-order valence-electron chi connectivity index (χ1n) is 7.14. The summed E-state index contributed by atoms with van der Waals surface area (Å²) in [4.78, 5) is 11.7. The van der Waals surface area contributed by atoms with Crippen molar-refractivity contribution in [2.75, 3.05) is 12.8 Å². The summed E-state index contributed by atoms with van der Waals surface area (Å²) < 4.78 is 23.5. The summed E-state index contributed by atoms with van der Waals surface area (Å²) in [6.07, 6.45) is 0.339. The molecule has 1 rings (SSSR count). The van der Waals surface area contributed by atoms with Crippen molar-refractivity contribution in [2.24, 2.45) is 5.92 Å². The molecule has 0 radical (unpaired) electrons. The lowest BCUT2D eigenvalue weighted by Gasteiger charge is -2.24. The number of carbonyl (C=O) groups is 1. The molecule has 1 aromatic rings. The number of hydrogen-bond donors (Lipinski definition) is 1. The average Bonchev–Trinajstić information content (AvgIpc) is 2.38. The van der Waals surface area contributed by atoms with Crippen molar-refractivity contribution in [3.05, 3.63) is 30.3 Å². The van der Waals surface area contributed by atoms with Crippen LogP contribution in [0.2, 0.25) is 0 Å². The number of nitrogens with one attached hydrogen (secondary N) is 1. The quantitative estimate of drug-likeness (QED) is 0.588. The fourth-order valence-electron chi connectivity index (χ4n) is 1.86. The first kappa shape index (κ1) is 17.7. The Hall–Kier alpha value is -1.32. The first-order chi connectivity index (χ1) is 9.86. The summed E-state index contributed by atoms with van der Waals surface area (Å²) in [5.74, 6) is 0.254. The molecular weight excluding hydrogens is 289 g/mol. The molecule has 1 N–H and O–H groups in total. The Morgan fingerprint density at radius 3 is 2.38 bits per heavy atom. The highest BCUT2D eigenvalue weighted by Gasteiger charge is 2.31. The minimum atomic E-state index is -3.18. The number of esters is 1. The SMILES string of the molecule is CCOC(=O)[C@H](C)NP(=O)(CC(C)C)Oc1ccccc1. The van der Waals surface area contributed by atoms with Crippen LogP contribution in [0.5, 0.6) is 5.75 Å². The molecule has 0 saturated carbocycles. The average molecular weight is 313 g/mol. The Morgan fingerprint density at radius 1 is 1.24 bits per heavy atom. The zero-order valence-electron chi connectivity index (χ0n) is 13.0. The third-order valence-electron chi connectivity index (χ3n) is 2.63. The molecule has 21 heavy (non-hydrogen) atoms. The van der Waals surface area contributed by atoms with Gasteiger partial charge in [-0.2, -0.15) is 0 Å². The summed E-state index contributed by atoms with van der Waals surface area (Å²) in [6.45, 7) is 7.56. The Balaban J connectivity index is 2.83. The minimum Gasteiger partial charge on any atom is -0.465 e. The van der Waals surface area contributed by atoms with E-state index in [9.17, 15) is 9.36 Å². The Bertz CT molecular complexity index is 490.